The minimum Gasteiger partial charge on any atom is -0.490 e. The molecule has 0 saturated heterocycles. The molecule has 4 rings (SSSR count). The normalized spacial score (nSPS) is 13.0. The summed E-state index contributed by atoms with van der Waals surface area (Å²) >= 11 is 3.39. The number of rotatable bonds is 4. The summed E-state index contributed by atoms with van der Waals surface area (Å²) in [4.78, 5) is 24.6. The van der Waals surface area contributed by atoms with E-state index >= 15 is 0 Å². The smallest absolute Gasteiger partial charge is 0.375 e. The highest BCUT2D eigenvalue weighted by atomic mass is 79.9. The first-order valence-electron chi connectivity index (χ1n) is 9.06. The number of hydrogen-bond acceptors (Lipinski definition) is 6. The Kier molecular flexibility index (Phi) is 5.44. The number of amides is 1. The average Bonchev–Trinajstić information content (AvgIpc) is 2.88. The van der Waals surface area contributed by atoms with Crippen LogP contribution in [-0.4, -0.2) is 31.7 Å². The number of carbonyl (C=O) groups excluding carboxylic acids is 2. The van der Waals surface area contributed by atoms with Crippen LogP contribution in [0.2, 0.25) is 0 Å². The van der Waals surface area contributed by atoms with Gasteiger partial charge < -0.3 is 23.9 Å². The van der Waals surface area contributed by atoms with Gasteiger partial charge in [0.1, 0.15) is 5.58 Å². The molecular formula is C21H18BrNO6. The molecule has 0 spiro atoms. The fourth-order valence-electron chi connectivity index (χ4n) is 3.02. The summed E-state index contributed by atoms with van der Waals surface area (Å²) in [6.07, 6.45) is 0.796. The van der Waals surface area contributed by atoms with E-state index in [1.165, 1.54) is 0 Å². The van der Waals surface area contributed by atoms with Gasteiger partial charge in [-0.3, -0.25) is 4.79 Å². The molecule has 8 heteroatoms. The highest BCUT2D eigenvalue weighted by molar-refractivity contribution is 9.10. The van der Waals surface area contributed by atoms with Gasteiger partial charge in [-0.05, 0) is 37.3 Å². The number of carbonyl (C=O) groups is 2. The third-order valence-corrected chi connectivity index (χ3v) is 4.94. The van der Waals surface area contributed by atoms with Crippen LogP contribution < -0.4 is 14.8 Å². The molecule has 0 atom stereocenters. The van der Waals surface area contributed by atoms with E-state index in [0.717, 1.165) is 16.3 Å². The van der Waals surface area contributed by atoms with Crippen LogP contribution in [0.4, 0.5) is 5.69 Å². The Labute approximate surface area is 175 Å². The third-order valence-electron chi connectivity index (χ3n) is 4.45. The van der Waals surface area contributed by atoms with Crippen molar-refractivity contribution in [1.29, 1.82) is 0 Å². The summed E-state index contributed by atoms with van der Waals surface area (Å²) in [6, 6.07) is 10.6. The monoisotopic (exact) mass is 459 g/mol. The molecule has 1 aliphatic rings. The van der Waals surface area contributed by atoms with E-state index in [0.29, 0.717) is 41.5 Å². The van der Waals surface area contributed by atoms with Crippen LogP contribution in [0.1, 0.15) is 22.5 Å². The van der Waals surface area contributed by atoms with Gasteiger partial charge in [0.25, 0.3) is 5.91 Å². The lowest BCUT2D eigenvalue weighted by atomic mass is 10.1. The minimum atomic E-state index is -0.691. The van der Waals surface area contributed by atoms with Crippen molar-refractivity contribution in [1.82, 2.24) is 0 Å². The van der Waals surface area contributed by atoms with Crippen LogP contribution in [0.15, 0.2) is 45.3 Å². The molecule has 150 valence electrons. The second-order valence-corrected chi connectivity index (χ2v) is 7.45. The quantitative estimate of drug-likeness (QED) is 0.579. The van der Waals surface area contributed by atoms with Crippen LogP contribution in [0, 0.1) is 6.92 Å². The number of halogens is 1. The molecule has 7 nitrogen and oxygen atoms in total. The van der Waals surface area contributed by atoms with Gasteiger partial charge in [0.05, 0.1) is 13.2 Å². The Hall–Kier alpha value is -3.00. The minimum absolute atomic E-state index is 0.0847. The number of ether oxygens (including phenoxy) is 3. The van der Waals surface area contributed by atoms with Crippen molar-refractivity contribution in [2.75, 3.05) is 25.1 Å². The van der Waals surface area contributed by atoms with E-state index in [1.807, 2.05) is 12.1 Å². The maximum Gasteiger partial charge on any atom is 0.375 e. The van der Waals surface area contributed by atoms with Crippen LogP contribution in [-0.2, 0) is 9.53 Å². The molecule has 1 aliphatic heterocycles. The van der Waals surface area contributed by atoms with Crippen molar-refractivity contribution < 1.29 is 28.2 Å². The van der Waals surface area contributed by atoms with Crippen LogP contribution >= 0.6 is 15.9 Å². The van der Waals surface area contributed by atoms with E-state index in [1.54, 1.807) is 31.2 Å². The van der Waals surface area contributed by atoms with Gasteiger partial charge in [0, 0.05) is 33.6 Å². The van der Waals surface area contributed by atoms with E-state index in [2.05, 4.69) is 21.2 Å². The Bertz CT molecular complexity index is 1090. The van der Waals surface area contributed by atoms with Crippen molar-refractivity contribution in [3.63, 3.8) is 0 Å². The van der Waals surface area contributed by atoms with Crippen LogP contribution in [0.5, 0.6) is 11.5 Å². The topological polar surface area (TPSA) is 87.0 Å². The molecule has 2 heterocycles. The number of nitrogens with one attached hydrogen (secondary N) is 1. The van der Waals surface area contributed by atoms with E-state index in [4.69, 9.17) is 18.6 Å². The molecule has 0 bridgehead atoms. The first-order valence-corrected chi connectivity index (χ1v) is 9.86. The molecule has 1 N–H and O–H groups in total. The number of esters is 1. The molecular weight excluding hydrogens is 442 g/mol. The zero-order valence-corrected chi connectivity index (χ0v) is 17.2. The maximum atomic E-state index is 12.4. The van der Waals surface area contributed by atoms with Gasteiger partial charge in [0.2, 0.25) is 5.76 Å². The zero-order chi connectivity index (χ0) is 20.4. The van der Waals surface area contributed by atoms with Gasteiger partial charge >= 0.3 is 5.97 Å². The SMILES string of the molecule is Cc1c(C(=O)OCC(=O)Nc2ccc3c(c2)OCCCO3)oc2ccc(Br)cc12. The first kappa shape index (κ1) is 19.3. The van der Waals surface area contributed by atoms with Crippen molar-refractivity contribution in [2.45, 2.75) is 13.3 Å². The van der Waals surface area contributed by atoms with Gasteiger partial charge in [-0.15, -0.1) is 0 Å². The van der Waals surface area contributed by atoms with Crippen molar-refractivity contribution in [3.8, 4) is 11.5 Å². The number of furan rings is 1. The fourth-order valence-corrected chi connectivity index (χ4v) is 3.38. The second kappa shape index (κ2) is 8.16. The van der Waals surface area contributed by atoms with Gasteiger partial charge in [-0.25, -0.2) is 4.79 Å². The third kappa shape index (κ3) is 4.22. The lowest BCUT2D eigenvalue weighted by Gasteiger charge is -2.10. The standard InChI is InChI=1S/C21H18BrNO6/c1-12-15-9-13(22)3-5-16(15)29-20(12)21(25)28-11-19(24)23-14-4-6-17-18(10-14)27-8-2-7-26-17/h3-6,9-10H,2,7-8,11H2,1H3,(H,23,24). The molecule has 0 saturated carbocycles. The summed E-state index contributed by atoms with van der Waals surface area (Å²) in [5.41, 5.74) is 1.77. The number of anilines is 1. The molecule has 3 aromatic rings. The zero-order valence-electron chi connectivity index (χ0n) is 15.6. The predicted octanol–water partition coefficient (Wildman–Crippen LogP) is 4.46. The van der Waals surface area contributed by atoms with Crippen molar-refractivity contribution >= 4 is 44.5 Å². The van der Waals surface area contributed by atoms with Crippen molar-refractivity contribution in [2.24, 2.45) is 0 Å². The molecule has 1 amide bonds. The molecule has 1 aromatic heterocycles. The second-order valence-electron chi connectivity index (χ2n) is 6.53. The number of aryl methyl sites for hydroxylation is 1. The highest BCUT2D eigenvalue weighted by Crippen LogP contribution is 2.32. The lowest BCUT2D eigenvalue weighted by molar-refractivity contribution is -0.119. The molecule has 0 aliphatic carbocycles. The predicted molar refractivity (Wildman–Crippen MR) is 110 cm³/mol. The maximum absolute atomic E-state index is 12.4. The molecule has 2 aromatic carbocycles. The Morgan fingerprint density at radius 3 is 2.72 bits per heavy atom. The average molecular weight is 460 g/mol. The molecule has 0 fully saturated rings. The molecule has 29 heavy (non-hydrogen) atoms. The van der Waals surface area contributed by atoms with E-state index < -0.39 is 18.5 Å². The van der Waals surface area contributed by atoms with Gasteiger partial charge in [-0.1, -0.05) is 15.9 Å². The molecule has 0 unspecified atom stereocenters. The number of fused-ring (bicyclic) bond motifs is 2. The van der Waals surface area contributed by atoms with Crippen molar-refractivity contribution in [3.05, 3.63) is 52.2 Å². The lowest BCUT2D eigenvalue weighted by Crippen LogP contribution is -2.21. The summed E-state index contributed by atoms with van der Waals surface area (Å²) < 4.78 is 22.7. The summed E-state index contributed by atoms with van der Waals surface area (Å²) in [7, 11) is 0. The summed E-state index contributed by atoms with van der Waals surface area (Å²) in [5, 5.41) is 3.49. The van der Waals surface area contributed by atoms with Crippen LogP contribution in [0.3, 0.4) is 0 Å². The van der Waals surface area contributed by atoms with Gasteiger partial charge in [0.15, 0.2) is 18.1 Å². The Morgan fingerprint density at radius 1 is 1.10 bits per heavy atom. The number of benzene rings is 2. The molecule has 0 radical (unpaired) electrons. The number of hydrogen-bond donors (Lipinski definition) is 1. The largest absolute Gasteiger partial charge is 0.490 e. The van der Waals surface area contributed by atoms with Gasteiger partial charge in [-0.2, -0.15) is 0 Å². The van der Waals surface area contributed by atoms with Crippen LogP contribution in [0.25, 0.3) is 11.0 Å². The van der Waals surface area contributed by atoms with E-state index in [9.17, 15) is 9.59 Å². The highest BCUT2D eigenvalue weighted by Gasteiger charge is 2.20. The Balaban J connectivity index is 1.39. The van der Waals surface area contributed by atoms with E-state index in [-0.39, 0.29) is 5.76 Å². The summed E-state index contributed by atoms with van der Waals surface area (Å²) in [5.74, 6) is 0.134. The fraction of sp³-hybridized carbons (Fsp3) is 0.238. The Morgan fingerprint density at radius 2 is 1.90 bits per heavy atom. The first-order chi connectivity index (χ1) is 14.0. The summed E-state index contributed by atoms with van der Waals surface area (Å²) in [6.45, 7) is 2.47.